The molecule has 6 nitrogen and oxygen atoms in total. The first kappa shape index (κ1) is 20.0. The van der Waals surface area contributed by atoms with Crippen LogP contribution >= 0.6 is 0 Å². The fourth-order valence-electron chi connectivity index (χ4n) is 3.43. The Morgan fingerprint density at radius 1 is 1.14 bits per heavy atom. The van der Waals surface area contributed by atoms with Crippen molar-refractivity contribution < 1.29 is 14.3 Å². The minimum absolute atomic E-state index is 0.267. The molecule has 0 saturated carbocycles. The number of carbonyl (C=O) groups excluding carboxylic acids is 2. The summed E-state index contributed by atoms with van der Waals surface area (Å²) in [5.74, 6) is -0.749. The number of methoxy groups -OCH3 is 1. The average molecular weight is 381 g/mol. The number of ether oxygens (including phenoxy) is 1. The van der Waals surface area contributed by atoms with Gasteiger partial charge in [0.25, 0.3) is 5.91 Å². The molecule has 6 heteroatoms. The molecule has 0 bridgehead atoms. The van der Waals surface area contributed by atoms with Gasteiger partial charge >= 0.3 is 5.97 Å². The van der Waals surface area contributed by atoms with E-state index in [9.17, 15) is 9.59 Å². The van der Waals surface area contributed by atoms with Crippen molar-refractivity contribution in [2.75, 3.05) is 13.7 Å². The summed E-state index contributed by atoms with van der Waals surface area (Å²) in [6.07, 6.45) is 5.23. The highest BCUT2D eigenvalue weighted by molar-refractivity contribution is 5.94. The van der Waals surface area contributed by atoms with E-state index in [0.29, 0.717) is 18.2 Å². The summed E-state index contributed by atoms with van der Waals surface area (Å²) in [5, 5.41) is 2.86. The molecule has 1 fully saturated rings. The topological polar surface area (TPSA) is 71.5 Å². The van der Waals surface area contributed by atoms with Crippen LogP contribution < -0.4 is 5.32 Å². The van der Waals surface area contributed by atoms with Gasteiger partial charge in [-0.05, 0) is 49.6 Å². The number of hydrogen-bond acceptors (Lipinski definition) is 5. The van der Waals surface area contributed by atoms with E-state index in [0.717, 1.165) is 12.1 Å². The molecular formula is C22H27N3O3. The summed E-state index contributed by atoms with van der Waals surface area (Å²) < 4.78 is 4.62. The standard InChI is InChI=1S/C22H27N3O3/c1-16-5-3-4-12-25(16)15-18-8-6-17(7-9-18)13-24-21(26)20-11-10-19(14-23-20)22(27)28-2/h6-11,14,16H,3-5,12-13,15H2,1-2H3,(H,24,26). The van der Waals surface area contributed by atoms with Crippen molar-refractivity contribution in [3.8, 4) is 0 Å². The number of esters is 1. The van der Waals surface area contributed by atoms with E-state index in [4.69, 9.17) is 0 Å². The quantitative estimate of drug-likeness (QED) is 0.778. The molecule has 148 valence electrons. The number of aromatic nitrogens is 1. The smallest absolute Gasteiger partial charge is 0.339 e. The molecule has 1 aliphatic rings. The first-order chi connectivity index (χ1) is 13.6. The fourth-order valence-corrected chi connectivity index (χ4v) is 3.43. The monoisotopic (exact) mass is 381 g/mol. The molecular weight excluding hydrogens is 354 g/mol. The Bertz CT molecular complexity index is 803. The van der Waals surface area contributed by atoms with E-state index in [-0.39, 0.29) is 11.6 Å². The minimum Gasteiger partial charge on any atom is -0.465 e. The van der Waals surface area contributed by atoms with Crippen LogP contribution in [0.3, 0.4) is 0 Å². The molecule has 1 saturated heterocycles. The summed E-state index contributed by atoms with van der Waals surface area (Å²) in [7, 11) is 1.31. The molecule has 2 aromatic rings. The molecule has 0 radical (unpaired) electrons. The van der Waals surface area contributed by atoms with E-state index in [1.165, 1.54) is 56.8 Å². The van der Waals surface area contributed by atoms with Crippen molar-refractivity contribution in [1.82, 2.24) is 15.2 Å². The first-order valence-corrected chi connectivity index (χ1v) is 9.71. The highest BCUT2D eigenvalue weighted by atomic mass is 16.5. The Labute approximate surface area is 165 Å². The second-order valence-corrected chi connectivity index (χ2v) is 7.24. The number of hydrogen-bond donors (Lipinski definition) is 1. The maximum absolute atomic E-state index is 12.2. The van der Waals surface area contributed by atoms with Crippen LogP contribution in [-0.2, 0) is 17.8 Å². The van der Waals surface area contributed by atoms with E-state index in [1.807, 2.05) is 0 Å². The second kappa shape index (κ2) is 9.46. The van der Waals surface area contributed by atoms with Gasteiger partial charge in [-0.2, -0.15) is 0 Å². The van der Waals surface area contributed by atoms with E-state index in [2.05, 4.69) is 51.1 Å². The largest absolute Gasteiger partial charge is 0.465 e. The molecule has 1 aliphatic heterocycles. The number of likely N-dealkylation sites (tertiary alicyclic amines) is 1. The number of benzene rings is 1. The summed E-state index contributed by atoms with van der Waals surface area (Å²) in [6.45, 7) is 4.87. The Hall–Kier alpha value is -2.73. The predicted molar refractivity (Wildman–Crippen MR) is 107 cm³/mol. The molecule has 1 unspecified atom stereocenters. The van der Waals surface area contributed by atoms with E-state index in [1.54, 1.807) is 0 Å². The normalized spacial score (nSPS) is 17.1. The van der Waals surface area contributed by atoms with Crippen LogP contribution in [-0.4, -0.2) is 41.5 Å². The van der Waals surface area contributed by atoms with E-state index < -0.39 is 5.97 Å². The van der Waals surface area contributed by atoms with Crippen LogP contribution in [0.2, 0.25) is 0 Å². The van der Waals surface area contributed by atoms with Gasteiger partial charge in [-0.3, -0.25) is 14.7 Å². The average Bonchev–Trinajstić information content (AvgIpc) is 2.74. The van der Waals surface area contributed by atoms with Gasteiger partial charge in [-0.1, -0.05) is 30.7 Å². The van der Waals surface area contributed by atoms with Gasteiger partial charge < -0.3 is 10.1 Å². The van der Waals surface area contributed by atoms with Gasteiger partial charge in [0.15, 0.2) is 0 Å². The molecule has 1 amide bonds. The van der Waals surface area contributed by atoms with Gasteiger partial charge in [-0.25, -0.2) is 4.79 Å². The number of piperidine rings is 1. The molecule has 3 rings (SSSR count). The van der Waals surface area contributed by atoms with Crippen molar-refractivity contribution in [2.24, 2.45) is 0 Å². The molecule has 1 N–H and O–H groups in total. The van der Waals surface area contributed by atoms with Crippen molar-refractivity contribution in [3.63, 3.8) is 0 Å². The van der Waals surface area contributed by atoms with Crippen molar-refractivity contribution >= 4 is 11.9 Å². The number of nitrogens with zero attached hydrogens (tertiary/aromatic N) is 2. The lowest BCUT2D eigenvalue weighted by Gasteiger charge is -2.33. The highest BCUT2D eigenvalue weighted by Crippen LogP contribution is 2.19. The number of rotatable bonds is 6. The van der Waals surface area contributed by atoms with Gasteiger partial charge in [0.05, 0.1) is 12.7 Å². The molecule has 1 atom stereocenters. The third-order valence-corrected chi connectivity index (χ3v) is 5.22. The molecule has 1 aromatic carbocycles. The zero-order valence-corrected chi connectivity index (χ0v) is 16.5. The summed E-state index contributed by atoms with van der Waals surface area (Å²) >= 11 is 0. The zero-order valence-electron chi connectivity index (χ0n) is 16.5. The van der Waals surface area contributed by atoms with Crippen LogP contribution in [0.15, 0.2) is 42.6 Å². The molecule has 0 spiro atoms. The van der Waals surface area contributed by atoms with E-state index >= 15 is 0 Å². The Kier molecular flexibility index (Phi) is 6.76. The molecule has 0 aliphatic carbocycles. The number of carbonyl (C=O) groups is 2. The maximum Gasteiger partial charge on any atom is 0.339 e. The van der Waals surface area contributed by atoms with Gasteiger partial charge in [-0.15, -0.1) is 0 Å². The van der Waals surface area contributed by atoms with Crippen LogP contribution in [0.4, 0.5) is 0 Å². The summed E-state index contributed by atoms with van der Waals surface area (Å²) in [5.41, 5.74) is 2.92. The number of amides is 1. The second-order valence-electron chi connectivity index (χ2n) is 7.24. The third kappa shape index (κ3) is 5.16. The van der Waals surface area contributed by atoms with Crippen molar-refractivity contribution in [1.29, 1.82) is 0 Å². The maximum atomic E-state index is 12.2. The van der Waals surface area contributed by atoms with Crippen molar-refractivity contribution in [2.45, 2.75) is 45.3 Å². The SMILES string of the molecule is COC(=O)c1ccc(C(=O)NCc2ccc(CN3CCCCC3C)cc2)nc1. The number of pyridine rings is 1. The first-order valence-electron chi connectivity index (χ1n) is 9.71. The van der Waals surface area contributed by atoms with Gasteiger partial charge in [0.1, 0.15) is 5.69 Å². The van der Waals surface area contributed by atoms with Gasteiger partial charge in [0, 0.05) is 25.3 Å². The molecule has 1 aromatic heterocycles. The van der Waals surface area contributed by atoms with Crippen LogP contribution in [0.25, 0.3) is 0 Å². The zero-order chi connectivity index (χ0) is 19.9. The van der Waals surface area contributed by atoms with Crippen LogP contribution in [0.1, 0.15) is 58.2 Å². The lowest BCUT2D eigenvalue weighted by molar-refractivity contribution is 0.0599. The fraction of sp³-hybridized carbons (Fsp3) is 0.409. The third-order valence-electron chi connectivity index (χ3n) is 5.22. The lowest BCUT2D eigenvalue weighted by Crippen LogP contribution is -2.36. The molecule has 2 heterocycles. The van der Waals surface area contributed by atoms with Crippen LogP contribution in [0, 0.1) is 0 Å². The molecule has 28 heavy (non-hydrogen) atoms. The predicted octanol–water partition coefficient (Wildman–Crippen LogP) is 3.17. The van der Waals surface area contributed by atoms with Gasteiger partial charge in [0.2, 0.25) is 0 Å². The Morgan fingerprint density at radius 2 is 1.89 bits per heavy atom. The minimum atomic E-state index is -0.474. The lowest BCUT2D eigenvalue weighted by atomic mass is 10.0. The summed E-state index contributed by atoms with van der Waals surface area (Å²) in [6, 6.07) is 12.1. The van der Waals surface area contributed by atoms with Crippen molar-refractivity contribution in [3.05, 3.63) is 65.0 Å². The highest BCUT2D eigenvalue weighted by Gasteiger charge is 2.18. The summed E-state index contributed by atoms with van der Waals surface area (Å²) in [4.78, 5) is 30.2. The Morgan fingerprint density at radius 3 is 2.54 bits per heavy atom. The van der Waals surface area contributed by atoms with Crippen LogP contribution in [0.5, 0.6) is 0 Å². The number of nitrogens with one attached hydrogen (secondary N) is 1. The Balaban J connectivity index is 1.51.